The Balaban J connectivity index is 2.48. The molecule has 2 aromatic carbocycles. The molecule has 1 aliphatic rings. The number of rotatable bonds is 0. The van der Waals surface area contributed by atoms with Gasteiger partial charge in [-0.25, -0.2) is 8.78 Å². The fourth-order valence-corrected chi connectivity index (χ4v) is 2.46. The van der Waals surface area contributed by atoms with E-state index in [1.54, 1.807) is 12.1 Å². The molecule has 0 spiro atoms. The summed E-state index contributed by atoms with van der Waals surface area (Å²) in [6.45, 7) is 2.84. The standard InChI is InChI=1S/C13H11F2N/c1-7-6-16-11-5-10(15)13-8(12(7)11)3-2-4-9(13)14/h2-5,7,16H,6H2,1H3. The molecule has 3 rings (SSSR count). The number of hydrogen-bond donors (Lipinski definition) is 1. The second kappa shape index (κ2) is 3.17. The molecule has 1 heterocycles. The van der Waals surface area contributed by atoms with Crippen LogP contribution in [0.15, 0.2) is 24.3 Å². The number of benzene rings is 2. The van der Waals surface area contributed by atoms with E-state index in [4.69, 9.17) is 0 Å². The zero-order valence-electron chi connectivity index (χ0n) is 8.85. The zero-order valence-corrected chi connectivity index (χ0v) is 8.85. The van der Waals surface area contributed by atoms with E-state index in [0.29, 0.717) is 11.3 Å². The monoisotopic (exact) mass is 219 g/mol. The Bertz CT molecular complexity index is 578. The molecule has 0 saturated carbocycles. The fraction of sp³-hybridized carbons (Fsp3) is 0.231. The summed E-state index contributed by atoms with van der Waals surface area (Å²) in [6.07, 6.45) is 0. The third-order valence-electron chi connectivity index (χ3n) is 3.20. The molecule has 1 N–H and O–H groups in total. The lowest BCUT2D eigenvalue weighted by Crippen LogP contribution is -1.96. The largest absolute Gasteiger partial charge is 0.384 e. The molecule has 1 nitrogen and oxygen atoms in total. The van der Waals surface area contributed by atoms with E-state index < -0.39 is 11.6 Å². The van der Waals surface area contributed by atoms with Gasteiger partial charge in [0.05, 0.1) is 5.39 Å². The number of anilines is 1. The Kier molecular flexibility index (Phi) is 1.90. The second-order valence-electron chi connectivity index (χ2n) is 4.26. The van der Waals surface area contributed by atoms with Gasteiger partial charge in [0.25, 0.3) is 0 Å². The van der Waals surface area contributed by atoms with Gasteiger partial charge in [-0.15, -0.1) is 0 Å². The van der Waals surface area contributed by atoms with Crippen molar-refractivity contribution in [2.75, 3.05) is 11.9 Å². The molecule has 0 saturated heterocycles. The van der Waals surface area contributed by atoms with Crippen LogP contribution in [0.5, 0.6) is 0 Å². The first-order valence-electron chi connectivity index (χ1n) is 5.33. The van der Waals surface area contributed by atoms with Gasteiger partial charge in [0.2, 0.25) is 0 Å². The van der Waals surface area contributed by atoms with Crippen molar-refractivity contribution in [3.63, 3.8) is 0 Å². The third-order valence-corrected chi connectivity index (χ3v) is 3.20. The van der Waals surface area contributed by atoms with Crippen molar-refractivity contribution < 1.29 is 8.78 Å². The summed E-state index contributed by atoms with van der Waals surface area (Å²) in [4.78, 5) is 0. The van der Waals surface area contributed by atoms with Gasteiger partial charge in [0, 0.05) is 18.2 Å². The van der Waals surface area contributed by atoms with E-state index in [-0.39, 0.29) is 5.39 Å². The predicted molar refractivity (Wildman–Crippen MR) is 60.8 cm³/mol. The maximum Gasteiger partial charge on any atom is 0.136 e. The molecule has 0 fully saturated rings. The van der Waals surface area contributed by atoms with E-state index in [1.165, 1.54) is 12.1 Å². The lowest BCUT2D eigenvalue weighted by molar-refractivity contribution is 0.608. The van der Waals surface area contributed by atoms with E-state index >= 15 is 0 Å². The van der Waals surface area contributed by atoms with Gasteiger partial charge in [-0.1, -0.05) is 19.1 Å². The minimum absolute atomic E-state index is 0.108. The molecule has 16 heavy (non-hydrogen) atoms. The smallest absolute Gasteiger partial charge is 0.136 e. The highest BCUT2D eigenvalue weighted by atomic mass is 19.1. The molecule has 0 radical (unpaired) electrons. The van der Waals surface area contributed by atoms with Crippen LogP contribution in [-0.2, 0) is 0 Å². The average Bonchev–Trinajstić information content (AvgIpc) is 2.60. The second-order valence-corrected chi connectivity index (χ2v) is 4.26. The normalized spacial score (nSPS) is 18.6. The van der Waals surface area contributed by atoms with Crippen LogP contribution in [0.25, 0.3) is 10.8 Å². The van der Waals surface area contributed by atoms with Crippen molar-refractivity contribution in [3.05, 3.63) is 41.5 Å². The molecule has 1 aliphatic heterocycles. The molecular weight excluding hydrogens is 208 g/mol. The summed E-state index contributed by atoms with van der Waals surface area (Å²) in [7, 11) is 0. The molecule has 3 heteroatoms. The first kappa shape index (κ1) is 9.58. The van der Waals surface area contributed by atoms with Crippen molar-refractivity contribution >= 4 is 16.5 Å². The minimum Gasteiger partial charge on any atom is -0.384 e. The summed E-state index contributed by atoms with van der Waals surface area (Å²) in [5, 5.41) is 3.94. The Morgan fingerprint density at radius 3 is 2.88 bits per heavy atom. The first-order chi connectivity index (χ1) is 7.68. The Hall–Kier alpha value is -1.64. The lowest BCUT2D eigenvalue weighted by Gasteiger charge is -2.09. The van der Waals surface area contributed by atoms with Crippen LogP contribution < -0.4 is 5.32 Å². The molecule has 2 aromatic rings. The van der Waals surface area contributed by atoms with Crippen molar-refractivity contribution in [2.45, 2.75) is 12.8 Å². The van der Waals surface area contributed by atoms with Crippen LogP contribution >= 0.6 is 0 Å². The topological polar surface area (TPSA) is 12.0 Å². The van der Waals surface area contributed by atoms with Crippen LogP contribution in [0.4, 0.5) is 14.5 Å². The molecule has 0 aromatic heterocycles. The Morgan fingerprint density at radius 1 is 1.25 bits per heavy atom. The molecule has 1 atom stereocenters. The van der Waals surface area contributed by atoms with Crippen molar-refractivity contribution in [2.24, 2.45) is 0 Å². The predicted octanol–water partition coefficient (Wildman–Crippen LogP) is 3.65. The maximum atomic E-state index is 13.7. The van der Waals surface area contributed by atoms with Gasteiger partial charge < -0.3 is 5.32 Å². The summed E-state index contributed by atoms with van der Waals surface area (Å²) >= 11 is 0. The van der Waals surface area contributed by atoms with Crippen LogP contribution in [0, 0.1) is 11.6 Å². The van der Waals surface area contributed by atoms with Gasteiger partial charge >= 0.3 is 0 Å². The highest BCUT2D eigenvalue weighted by Gasteiger charge is 2.23. The molecule has 0 aliphatic carbocycles. The molecule has 82 valence electrons. The molecule has 0 amide bonds. The van der Waals surface area contributed by atoms with Crippen LogP contribution in [0.2, 0.25) is 0 Å². The summed E-state index contributed by atoms with van der Waals surface area (Å²) in [5.41, 5.74) is 1.82. The number of hydrogen-bond acceptors (Lipinski definition) is 1. The van der Waals surface area contributed by atoms with Crippen molar-refractivity contribution in [1.29, 1.82) is 0 Å². The molecular formula is C13H11F2N. The van der Waals surface area contributed by atoms with E-state index in [0.717, 1.165) is 17.8 Å². The van der Waals surface area contributed by atoms with Gasteiger partial charge in [0.15, 0.2) is 0 Å². The maximum absolute atomic E-state index is 13.7. The summed E-state index contributed by atoms with van der Waals surface area (Å²) in [5.74, 6) is -0.690. The SMILES string of the molecule is CC1CNc2cc(F)c3c(F)cccc3c21. The highest BCUT2D eigenvalue weighted by molar-refractivity contribution is 5.92. The summed E-state index contributed by atoms with van der Waals surface area (Å²) in [6, 6.07) is 6.10. The molecule has 1 unspecified atom stereocenters. The summed E-state index contributed by atoms with van der Waals surface area (Å²) < 4.78 is 27.3. The van der Waals surface area contributed by atoms with E-state index in [1.807, 2.05) is 0 Å². The lowest BCUT2D eigenvalue weighted by atomic mass is 9.95. The third kappa shape index (κ3) is 1.14. The van der Waals surface area contributed by atoms with Crippen molar-refractivity contribution in [1.82, 2.24) is 0 Å². The zero-order chi connectivity index (χ0) is 11.3. The van der Waals surface area contributed by atoms with E-state index in [2.05, 4.69) is 12.2 Å². The Labute approximate surface area is 92.1 Å². The van der Waals surface area contributed by atoms with Gasteiger partial charge in [-0.05, 0) is 23.1 Å². The van der Waals surface area contributed by atoms with Crippen LogP contribution in [-0.4, -0.2) is 6.54 Å². The number of fused-ring (bicyclic) bond motifs is 3. The number of nitrogens with one attached hydrogen (secondary N) is 1. The fourth-order valence-electron chi connectivity index (χ4n) is 2.46. The number of halogens is 2. The van der Waals surface area contributed by atoms with Crippen LogP contribution in [0.1, 0.15) is 18.4 Å². The van der Waals surface area contributed by atoms with E-state index in [9.17, 15) is 8.78 Å². The highest BCUT2D eigenvalue weighted by Crippen LogP contribution is 2.39. The van der Waals surface area contributed by atoms with Gasteiger partial charge in [-0.3, -0.25) is 0 Å². The quantitative estimate of drug-likeness (QED) is 0.713. The first-order valence-corrected chi connectivity index (χ1v) is 5.33. The van der Waals surface area contributed by atoms with Crippen LogP contribution in [0.3, 0.4) is 0 Å². The minimum atomic E-state index is -0.492. The Morgan fingerprint density at radius 2 is 2.06 bits per heavy atom. The molecule has 0 bridgehead atoms. The van der Waals surface area contributed by atoms with Gasteiger partial charge in [-0.2, -0.15) is 0 Å². The average molecular weight is 219 g/mol. The van der Waals surface area contributed by atoms with Crippen molar-refractivity contribution in [3.8, 4) is 0 Å². The van der Waals surface area contributed by atoms with Gasteiger partial charge in [0.1, 0.15) is 11.6 Å².